The third-order valence-corrected chi connectivity index (χ3v) is 7.78. The van der Waals surface area contributed by atoms with Crippen LogP contribution in [0.1, 0.15) is 43.7 Å². The van der Waals surface area contributed by atoms with Crippen LogP contribution in [-0.2, 0) is 13.2 Å². The highest BCUT2D eigenvalue weighted by atomic mass is 16.3. The van der Waals surface area contributed by atoms with Gasteiger partial charge in [0.2, 0.25) is 5.95 Å². The molecule has 0 unspecified atom stereocenters. The number of nitrogens with zero attached hydrogens (tertiary/aromatic N) is 7. The molecule has 10 heteroatoms. The highest BCUT2D eigenvalue weighted by molar-refractivity contribution is 5.77. The van der Waals surface area contributed by atoms with E-state index in [1.807, 2.05) is 37.4 Å². The molecule has 40 heavy (non-hydrogen) atoms. The second-order valence-corrected chi connectivity index (χ2v) is 10.8. The first-order valence-corrected chi connectivity index (χ1v) is 13.8. The van der Waals surface area contributed by atoms with Crippen molar-refractivity contribution < 1.29 is 5.11 Å². The van der Waals surface area contributed by atoms with Crippen molar-refractivity contribution in [2.45, 2.75) is 51.8 Å². The molecule has 3 aromatic heterocycles. The molecular formula is C30H38N8O2. The van der Waals surface area contributed by atoms with Gasteiger partial charge < -0.3 is 20.2 Å². The quantitative estimate of drug-likeness (QED) is 0.305. The third-order valence-electron chi connectivity index (χ3n) is 7.78. The van der Waals surface area contributed by atoms with Gasteiger partial charge in [0.25, 0.3) is 5.56 Å². The van der Waals surface area contributed by atoms with Crippen LogP contribution in [0.3, 0.4) is 0 Å². The van der Waals surface area contributed by atoms with Crippen LogP contribution in [0, 0.1) is 0 Å². The van der Waals surface area contributed by atoms with E-state index in [9.17, 15) is 9.90 Å². The average Bonchev–Trinajstić information content (AvgIpc) is 3.23. The molecule has 0 atom stereocenters. The fourth-order valence-corrected chi connectivity index (χ4v) is 5.27. The number of fused-ring (bicyclic) bond motifs is 1. The SMILES string of the molecule is C=CCn1c(=O)c2cnc(Nc3ccc(C4CCN(C)CC4)c(CO)c3)nc2n1-c1cccc(N(C)C(C)C)n1. The van der Waals surface area contributed by atoms with Gasteiger partial charge in [0.1, 0.15) is 11.2 Å². The van der Waals surface area contributed by atoms with Gasteiger partial charge in [-0.2, -0.15) is 4.98 Å². The second-order valence-electron chi connectivity index (χ2n) is 10.8. The molecule has 4 aromatic rings. The molecule has 0 amide bonds. The van der Waals surface area contributed by atoms with Crippen LogP contribution in [0.15, 0.2) is 60.0 Å². The van der Waals surface area contributed by atoms with E-state index in [0.29, 0.717) is 35.3 Å². The molecule has 5 rings (SSSR count). The lowest BCUT2D eigenvalue weighted by molar-refractivity contribution is 0.249. The Morgan fingerprint density at radius 2 is 1.98 bits per heavy atom. The van der Waals surface area contributed by atoms with Crippen LogP contribution in [0.25, 0.3) is 16.9 Å². The van der Waals surface area contributed by atoms with Crippen molar-refractivity contribution in [1.82, 2.24) is 29.2 Å². The maximum Gasteiger partial charge on any atom is 0.278 e. The molecule has 0 bridgehead atoms. The molecule has 2 N–H and O–H groups in total. The topological polar surface area (TPSA) is 104 Å². The molecule has 210 valence electrons. The molecule has 1 saturated heterocycles. The Bertz CT molecular complexity index is 1570. The number of allylic oxidation sites excluding steroid dienone is 1. The fourth-order valence-electron chi connectivity index (χ4n) is 5.27. The van der Waals surface area contributed by atoms with E-state index in [4.69, 9.17) is 9.97 Å². The van der Waals surface area contributed by atoms with Crippen molar-refractivity contribution in [2.75, 3.05) is 37.4 Å². The number of aliphatic hydroxyl groups excluding tert-OH is 1. The van der Waals surface area contributed by atoms with Crippen LogP contribution in [0.5, 0.6) is 0 Å². The molecule has 10 nitrogen and oxygen atoms in total. The summed E-state index contributed by atoms with van der Waals surface area (Å²) in [4.78, 5) is 31.8. The number of nitrogens with one attached hydrogen (secondary N) is 1. The zero-order chi connectivity index (χ0) is 28.4. The van der Waals surface area contributed by atoms with Gasteiger partial charge in [-0.05, 0) is 88.1 Å². The fraction of sp³-hybridized carbons (Fsp3) is 0.400. The summed E-state index contributed by atoms with van der Waals surface area (Å²) in [6.07, 6.45) is 5.39. The first-order valence-electron chi connectivity index (χ1n) is 13.8. The number of aromatic nitrogens is 5. The predicted octanol–water partition coefficient (Wildman–Crippen LogP) is 4.05. The largest absolute Gasteiger partial charge is 0.392 e. The van der Waals surface area contributed by atoms with Gasteiger partial charge in [-0.15, -0.1) is 6.58 Å². The van der Waals surface area contributed by atoms with E-state index < -0.39 is 0 Å². The minimum atomic E-state index is -0.212. The van der Waals surface area contributed by atoms with E-state index in [1.165, 1.54) is 5.56 Å². The second kappa shape index (κ2) is 11.6. The maximum absolute atomic E-state index is 13.3. The first kappa shape index (κ1) is 27.5. The Hall–Kier alpha value is -4.02. The summed E-state index contributed by atoms with van der Waals surface area (Å²) in [5, 5.41) is 13.8. The van der Waals surface area contributed by atoms with Crippen LogP contribution >= 0.6 is 0 Å². The summed E-state index contributed by atoms with van der Waals surface area (Å²) in [7, 11) is 4.14. The number of piperidine rings is 1. The Balaban J connectivity index is 1.53. The lowest BCUT2D eigenvalue weighted by atomic mass is 9.86. The van der Waals surface area contributed by atoms with E-state index in [2.05, 4.69) is 53.6 Å². The lowest BCUT2D eigenvalue weighted by Gasteiger charge is -2.30. The molecule has 1 aromatic carbocycles. The molecule has 0 spiro atoms. The Morgan fingerprint density at radius 1 is 1.20 bits per heavy atom. The zero-order valence-corrected chi connectivity index (χ0v) is 23.7. The number of hydrogen-bond donors (Lipinski definition) is 2. The minimum Gasteiger partial charge on any atom is -0.392 e. The Morgan fingerprint density at radius 3 is 2.67 bits per heavy atom. The van der Waals surface area contributed by atoms with Gasteiger partial charge in [-0.3, -0.25) is 4.79 Å². The molecule has 1 aliphatic heterocycles. The molecule has 0 radical (unpaired) electrons. The first-order chi connectivity index (χ1) is 19.3. The molecule has 1 fully saturated rings. The Kier molecular flexibility index (Phi) is 7.99. The van der Waals surface area contributed by atoms with Gasteiger partial charge in [0.15, 0.2) is 11.5 Å². The number of benzene rings is 1. The monoisotopic (exact) mass is 542 g/mol. The normalized spacial score (nSPS) is 14.7. The highest BCUT2D eigenvalue weighted by Gasteiger charge is 2.22. The number of anilines is 3. The Labute approximate surface area is 234 Å². The number of pyridine rings is 1. The molecule has 4 heterocycles. The predicted molar refractivity (Wildman–Crippen MR) is 160 cm³/mol. The highest BCUT2D eigenvalue weighted by Crippen LogP contribution is 2.32. The number of likely N-dealkylation sites (tertiary alicyclic amines) is 1. The van der Waals surface area contributed by atoms with E-state index in [1.54, 1.807) is 21.6 Å². The maximum atomic E-state index is 13.3. The molecule has 0 aliphatic carbocycles. The summed E-state index contributed by atoms with van der Waals surface area (Å²) in [5.41, 5.74) is 3.12. The number of aliphatic hydroxyl groups is 1. The summed E-state index contributed by atoms with van der Waals surface area (Å²) >= 11 is 0. The summed E-state index contributed by atoms with van der Waals surface area (Å²) in [6.45, 7) is 10.4. The molecule has 0 saturated carbocycles. The lowest BCUT2D eigenvalue weighted by Crippen LogP contribution is -2.29. The minimum absolute atomic E-state index is 0.0339. The van der Waals surface area contributed by atoms with Gasteiger partial charge in [0, 0.05) is 25.0 Å². The molecular weight excluding hydrogens is 504 g/mol. The standard InChI is InChI=1S/C30H38N8O2/c1-6-14-37-29(40)25-18-31-30(34-28(25)38(37)27-9-7-8-26(33-27)36(5)20(2)3)32-23-10-11-24(22(17-23)19-39)21-12-15-35(4)16-13-21/h6-11,17-18,20-21,39H,1,12-16,19H2,2-5H3,(H,31,32,34). The van der Waals surface area contributed by atoms with Crippen LogP contribution < -0.4 is 15.8 Å². The van der Waals surface area contributed by atoms with E-state index in [0.717, 1.165) is 43.0 Å². The van der Waals surface area contributed by atoms with Crippen molar-refractivity contribution in [3.63, 3.8) is 0 Å². The number of rotatable bonds is 9. The van der Waals surface area contributed by atoms with E-state index >= 15 is 0 Å². The van der Waals surface area contributed by atoms with Crippen molar-refractivity contribution in [2.24, 2.45) is 0 Å². The van der Waals surface area contributed by atoms with Crippen LogP contribution in [0.2, 0.25) is 0 Å². The number of hydrogen-bond acceptors (Lipinski definition) is 8. The summed E-state index contributed by atoms with van der Waals surface area (Å²) in [6, 6.07) is 12.1. The van der Waals surface area contributed by atoms with Crippen molar-refractivity contribution in [3.8, 4) is 5.82 Å². The van der Waals surface area contributed by atoms with Crippen molar-refractivity contribution in [3.05, 3.63) is 76.7 Å². The van der Waals surface area contributed by atoms with Crippen molar-refractivity contribution >= 4 is 28.5 Å². The summed E-state index contributed by atoms with van der Waals surface area (Å²) in [5.74, 6) is 2.16. The van der Waals surface area contributed by atoms with Gasteiger partial charge in [0.05, 0.1) is 13.2 Å². The average molecular weight is 543 g/mol. The van der Waals surface area contributed by atoms with E-state index in [-0.39, 0.29) is 18.2 Å². The van der Waals surface area contributed by atoms with Crippen LogP contribution in [0.4, 0.5) is 17.5 Å². The zero-order valence-electron chi connectivity index (χ0n) is 23.7. The third kappa shape index (κ3) is 5.37. The van der Waals surface area contributed by atoms with Gasteiger partial charge in [-0.25, -0.2) is 19.3 Å². The van der Waals surface area contributed by atoms with Crippen LogP contribution in [-0.4, -0.2) is 67.5 Å². The summed E-state index contributed by atoms with van der Waals surface area (Å²) < 4.78 is 3.30. The van der Waals surface area contributed by atoms with Gasteiger partial charge in [-0.1, -0.05) is 18.2 Å². The smallest absolute Gasteiger partial charge is 0.278 e. The van der Waals surface area contributed by atoms with Crippen molar-refractivity contribution in [1.29, 1.82) is 0 Å². The van der Waals surface area contributed by atoms with Gasteiger partial charge >= 0.3 is 0 Å². The molecule has 1 aliphatic rings.